The van der Waals surface area contributed by atoms with Crippen molar-refractivity contribution in [1.29, 1.82) is 0 Å². The van der Waals surface area contributed by atoms with Crippen molar-refractivity contribution in [3.8, 4) is 0 Å². The van der Waals surface area contributed by atoms with E-state index in [9.17, 15) is 0 Å². The Hall–Kier alpha value is -1.61. The summed E-state index contributed by atoms with van der Waals surface area (Å²) in [4.78, 5) is 7.59. The largest absolute Gasteiger partial charge is 0.297 e. The standard InChI is InChI=1S/C24H28Cl2N2.C2H6/c1-3-7-23(21-10-4-5-11-22(21)26)27-24-17-28(14-12-18(24)2)15-13-19-8-6-9-20(25)16-19;1-2/h4-6,8-11,16H,3,7,12-15,17H2,1-2H3;1-2H3. The van der Waals surface area contributed by atoms with Gasteiger partial charge in [0.25, 0.3) is 0 Å². The molecule has 0 unspecified atom stereocenters. The molecule has 0 amide bonds. The molecule has 4 heteroatoms. The molecule has 162 valence electrons. The fourth-order valence-corrected chi connectivity index (χ4v) is 4.00. The summed E-state index contributed by atoms with van der Waals surface area (Å²) in [5.41, 5.74) is 6.02. The number of aliphatic imine (C=N–C) groups is 1. The van der Waals surface area contributed by atoms with Gasteiger partial charge in [0.1, 0.15) is 0 Å². The Labute approximate surface area is 192 Å². The van der Waals surface area contributed by atoms with Crippen LogP contribution in [0.2, 0.25) is 10.0 Å². The lowest BCUT2D eigenvalue weighted by Gasteiger charge is -2.28. The van der Waals surface area contributed by atoms with E-state index in [2.05, 4.69) is 36.9 Å². The van der Waals surface area contributed by atoms with Crippen LogP contribution in [0, 0.1) is 0 Å². The lowest BCUT2D eigenvalue weighted by molar-refractivity contribution is 0.287. The summed E-state index contributed by atoms with van der Waals surface area (Å²) in [5, 5.41) is 1.59. The van der Waals surface area contributed by atoms with Crippen LogP contribution in [0.1, 0.15) is 58.1 Å². The molecule has 0 aliphatic carbocycles. The Morgan fingerprint density at radius 1 is 1.07 bits per heavy atom. The molecular weight excluding hydrogens is 411 g/mol. The molecule has 1 aliphatic rings. The van der Waals surface area contributed by atoms with Gasteiger partial charge < -0.3 is 0 Å². The van der Waals surface area contributed by atoms with Crippen molar-refractivity contribution in [3.63, 3.8) is 0 Å². The number of hydrogen-bond donors (Lipinski definition) is 0. The van der Waals surface area contributed by atoms with E-state index < -0.39 is 0 Å². The molecule has 0 atom stereocenters. The number of nitrogens with zero attached hydrogens (tertiary/aromatic N) is 2. The minimum Gasteiger partial charge on any atom is -0.297 e. The molecule has 1 aliphatic heterocycles. The fourth-order valence-electron chi connectivity index (χ4n) is 3.54. The second-order valence-electron chi connectivity index (χ2n) is 7.42. The van der Waals surface area contributed by atoms with Gasteiger partial charge in [-0.15, -0.1) is 0 Å². The van der Waals surface area contributed by atoms with Crippen LogP contribution in [-0.4, -0.2) is 30.2 Å². The van der Waals surface area contributed by atoms with Crippen molar-refractivity contribution in [2.75, 3.05) is 19.6 Å². The number of benzene rings is 2. The second kappa shape index (κ2) is 12.9. The molecule has 30 heavy (non-hydrogen) atoms. The molecule has 0 spiro atoms. The lowest BCUT2D eigenvalue weighted by atomic mass is 10.0. The van der Waals surface area contributed by atoms with Gasteiger partial charge in [-0.25, -0.2) is 0 Å². The van der Waals surface area contributed by atoms with Crippen LogP contribution >= 0.6 is 23.2 Å². The van der Waals surface area contributed by atoms with Gasteiger partial charge in [-0.2, -0.15) is 0 Å². The van der Waals surface area contributed by atoms with Gasteiger partial charge in [-0.1, -0.05) is 80.7 Å². The second-order valence-corrected chi connectivity index (χ2v) is 8.27. The molecule has 0 bridgehead atoms. The zero-order valence-corrected chi connectivity index (χ0v) is 20.2. The van der Waals surface area contributed by atoms with Crippen molar-refractivity contribution in [3.05, 3.63) is 81.0 Å². The summed E-state index contributed by atoms with van der Waals surface area (Å²) in [7, 11) is 0. The summed E-state index contributed by atoms with van der Waals surface area (Å²) >= 11 is 12.6. The average molecular weight is 445 g/mol. The van der Waals surface area contributed by atoms with E-state index in [4.69, 9.17) is 28.2 Å². The van der Waals surface area contributed by atoms with Crippen LogP contribution in [0.15, 0.2) is 64.8 Å². The van der Waals surface area contributed by atoms with Gasteiger partial charge >= 0.3 is 0 Å². The van der Waals surface area contributed by atoms with E-state index in [1.54, 1.807) is 0 Å². The predicted molar refractivity (Wildman–Crippen MR) is 133 cm³/mol. The zero-order chi connectivity index (χ0) is 21.9. The van der Waals surface area contributed by atoms with Crippen LogP contribution < -0.4 is 0 Å². The normalized spacial score (nSPS) is 15.1. The van der Waals surface area contributed by atoms with Gasteiger partial charge in [0.15, 0.2) is 0 Å². The van der Waals surface area contributed by atoms with Crippen LogP contribution in [0.4, 0.5) is 0 Å². The quantitative estimate of drug-likeness (QED) is 0.397. The van der Waals surface area contributed by atoms with E-state index >= 15 is 0 Å². The highest BCUT2D eigenvalue weighted by Gasteiger charge is 2.17. The molecule has 2 aromatic carbocycles. The Balaban J connectivity index is 0.00000155. The summed E-state index contributed by atoms with van der Waals surface area (Å²) in [6.07, 6.45) is 4.05. The Bertz CT molecular complexity index is 871. The number of rotatable bonds is 7. The molecule has 0 radical (unpaired) electrons. The Morgan fingerprint density at radius 3 is 2.53 bits per heavy atom. The van der Waals surface area contributed by atoms with Crippen LogP contribution in [0.25, 0.3) is 0 Å². The van der Waals surface area contributed by atoms with Crippen molar-refractivity contribution < 1.29 is 0 Å². The van der Waals surface area contributed by atoms with Crippen LogP contribution in [0.5, 0.6) is 0 Å². The lowest BCUT2D eigenvalue weighted by Crippen LogP contribution is -2.33. The molecule has 0 aromatic heterocycles. The summed E-state index contributed by atoms with van der Waals surface area (Å²) in [5.74, 6) is 0. The van der Waals surface area contributed by atoms with E-state index in [0.717, 1.165) is 66.6 Å². The third-order valence-electron chi connectivity index (χ3n) is 5.22. The first kappa shape index (κ1) is 24.7. The molecular formula is C26H34Cl2N2. The molecule has 3 rings (SSSR count). The zero-order valence-electron chi connectivity index (χ0n) is 18.7. The van der Waals surface area contributed by atoms with Gasteiger partial charge in [0, 0.05) is 41.0 Å². The molecule has 2 nitrogen and oxygen atoms in total. The van der Waals surface area contributed by atoms with Crippen LogP contribution in [0.3, 0.4) is 0 Å². The third-order valence-corrected chi connectivity index (χ3v) is 5.78. The van der Waals surface area contributed by atoms with Crippen molar-refractivity contribution >= 4 is 28.9 Å². The maximum absolute atomic E-state index is 6.45. The highest BCUT2D eigenvalue weighted by molar-refractivity contribution is 6.34. The topological polar surface area (TPSA) is 15.6 Å². The maximum atomic E-state index is 6.45. The van der Waals surface area contributed by atoms with E-state index in [1.807, 2.05) is 44.2 Å². The van der Waals surface area contributed by atoms with E-state index in [1.165, 1.54) is 16.8 Å². The van der Waals surface area contributed by atoms with Gasteiger partial charge in [0.05, 0.1) is 5.70 Å². The molecule has 0 fully saturated rings. The van der Waals surface area contributed by atoms with Gasteiger partial charge in [-0.3, -0.25) is 9.89 Å². The Morgan fingerprint density at radius 2 is 1.83 bits per heavy atom. The maximum Gasteiger partial charge on any atom is 0.0537 e. The van der Waals surface area contributed by atoms with Crippen molar-refractivity contribution in [2.45, 2.75) is 53.4 Å². The van der Waals surface area contributed by atoms with Crippen molar-refractivity contribution in [2.24, 2.45) is 4.99 Å². The molecule has 0 saturated heterocycles. The third kappa shape index (κ3) is 7.27. The van der Waals surface area contributed by atoms with Crippen molar-refractivity contribution in [1.82, 2.24) is 4.90 Å². The first-order chi connectivity index (χ1) is 14.6. The fraction of sp³-hybridized carbons (Fsp3) is 0.423. The Kier molecular flexibility index (Phi) is 10.6. The highest BCUT2D eigenvalue weighted by atomic mass is 35.5. The smallest absolute Gasteiger partial charge is 0.0537 e. The minimum atomic E-state index is 0.779. The van der Waals surface area contributed by atoms with E-state index in [0.29, 0.717) is 0 Å². The minimum absolute atomic E-state index is 0.779. The van der Waals surface area contributed by atoms with Gasteiger partial charge in [0.2, 0.25) is 0 Å². The molecule has 0 saturated carbocycles. The summed E-state index contributed by atoms with van der Waals surface area (Å²) < 4.78 is 0. The SMILES string of the molecule is CC.CCCC(=NC1=C(C)CCN(CCc2cccc(Cl)c2)C1)c1ccccc1Cl. The van der Waals surface area contributed by atoms with Gasteiger partial charge in [-0.05, 0) is 55.5 Å². The number of halogens is 2. The summed E-state index contributed by atoms with van der Waals surface area (Å²) in [6, 6.07) is 16.2. The van der Waals surface area contributed by atoms with Crippen LogP contribution in [-0.2, 0) is 6.42 Å². The number of hydrogen-bond acceptors (Lipinski definition) is 2. The highest BCUT2D eigenvalue weighted by Crippen LogP contribution is 2.24. The first-order valence-electron chi connectivity index (χ1n) is 11.0. The molecule has 0 N–H and O–H groups in total. The summed E-state index contributed by atoms with van der Waals surface area (Å²) in [6.45, 7) is 11.4. The monoisotopic (exact) mass is 444 g/mol. The van der Waals surface area contributed by atoms with E-state index in [-0.39, 0.29) is 0 Å². The molecule has 1 heterocycles. The predicted octanol–water partition coefficient (Wildman–Crippen LogP) is 7.83. The average Bonchev–Trinajstić information content (AvgIpc) is 2.76. The first-order valence-corrected chi connectivity index (χ1v) is 11.8. The molecule has 2 aromatic rings.